The van der Waals surface area contributed by atoms with E-state index in [0.29, 0.717) is 0 Å². The van der Waals surface area contributed by atoms with Crippen molar-refractivity contribution in [3.63, 3.8) is 0 Å². The predicted molar refractivity (Wildman–Crippen MR) is 89.4 cm³/mol. The highest BCUT2D eigenvalue weighted by Gasteiger charge is 2.14. The molecule has 1 N–H and O–H groups in total. The van der Waals surface area contributed by atoms with E-state index in [0.717, 1.165) is 34.2 Å². The second kappa shape index (κ2) is 6.18. The number of aromatic nitrogens is 2. The fraction of sp³-hybridized carbons (Fsp3) is 0.312. The molecule has 0 aliphatic heterocycles. The lowest BCUT2D eigenvalue weighted by molar-refractivity contribution is 0.545. The molecule has 2 heterocycles. The molecule has 0 spiro atoms. The van der Waals surface area contributed by atoms with Gasteiger partial charge in [0.15, 0.2) is 4.96 Å². The Balaban J connectivity index is 1.86. The monoisotopic (exact) mass is 319 g/mol. The van der Waals surface area contributed by atoms with E-state index in [1.807, 2.05) is 19.2 Å². The van der Waals surface area contributed by atoms with E-state index in [2.05, 4.69) is 45.3 Å². The average Bonchev–Trinajstić information content (AvgIpc) is 3.02. The van der Waals surface area contributed by atoms with Crippen molar-refractivity contribution in [2.24, 2.45) is 0 Å². The van der Waals surface area contributed by atoms with Gasteiger partial charge in [-0.05, 0) is 30.7 Å². The van der Waals surface area contributed by atoms with E-state index in [1.165, 1.54) is 5.56 Å². The Morgan fingerprint density at radius 2 is 2.29 bits per heavy atom. The van der Waals surface area contributed by atoms with Gasteiger partial charge in [-0.25, -0.2) is 4.98 Å². The first-order valence-electron chi connectivity index (χ1n) is 7.08. The lowest BCUT2D eigenvalue weighted by Crippen LogP contribution is -2.23. The van der Waals surface area contributed by atoms with E-state index >= 15 is 0 Å². The van der Waals surface area contributed by atoms with Gasteiger partial charge in [-0.15, -0.1) is 11.3 Å². The van der Waals surface area contributed by atoms with E-state index in [-0.39, 0.29) is 6.04 Å². The lowest BCUT2D eigenvalue weighted by atomic mass is 10.0. The minimum atomic E-state index is 0.260. The fourth-order valence-electron chi connectivity index (χ4n) is 2.52. The highest BCUT2D eigenvalue weighted by Crippen LogP contribution is 2.24. The van der Waals surface area contributed by atoms with Gasteiger partial charge in [-0.2, -0.15) is 0 Å². The van der Waals surface area contributed by atoms with E-state index in [1.54, 1.807) is 11.3 Å². The first-order valence-corrected chi connectivity index (χ1v) is 8.33. The maximum Gasteiger partial charge on any atom is 0.193 e. The van der Waals surface area contributed by atoms with Gasteiger partial charge in [0.1, 0.15) is 0 Å². The molecule has 0 amide bonds. The third kappa shape index (κ3) is 3.12. The maximum atomic E-state index is 6.13. The average molecular weight is 320 g/mol. The zero-order valence-electron chi connectivity index (χ0n) is 12.1. The Kier molecular flexibility index (Phi) is 4.29. The first kappa shape index (κ1) is 14.6. The summed E-state index contributed by atoms with van der Waals surface area (Å²) in [6.07, 6.45) is 5.04. The standard InChI is InChI=1S/C16H18ClN3S/c1-3-18-15(12-4-5-14(17)11(2)8-12)9-13-10-20-6-7-21-16(20)19-13/h4-8,10,15,18H,3,9H2,1-2H3. The molecule has 21 heavy (non-hydrogen) atoms. The van der Waals surface area contributed by atoms with Crippen molar-refractivity contribution < 1.29 is 0 Å². The molecule has 110 valence electrons. The van der Waals surface area contributed by atoms with Crippen molar-refractivity contribution in [1.82, 2.24) is 14.7 Å². The number of benzene rings is 1. The van der Waals surface area contributed by atoms with Crippen LogP contribution in [0.2, 0.25) is 5.02 Å². The molecule has 1 atom stereocenters. The molecule has 5 heteroatoms. The van der Waals surface area contributed by atoms with Gasteiger partial charge in [0.25, 0.3) is 0 Å². The SMILES string of the molecule is CCNC(Cc1cn2ccsc2n1)c1ccc(Cl)c(C)c1. The smallest absolute Gasteiger partial charge is 0.193 e. The molecule has 1 unspecified atom stereocenters. The number of likely N-dealkylation sites (N-methyl/N-ethyl adjacent to an activating group) is 1. The molecule has 0 aliphatic carbocycles. The number of rotatable bonds is 5. The van der Waals surface area contributed by atoms with Gasteiger partial charge >= 0.3 is 0 Å². The van der Waals surface area contributed by atoms with Gasteiger partial charge in [0.2, 0.25) is 0 Å². The van der Waals surface area contributed by atoms with Gasteiger partial charge in [0.05, 0.1) is 5.69 Å². The molecule has 3 aromatic rings. The summed E-state index contributed by atoms with van der Waals surface area (Å²) in [5.41, 5.74) is 3.48. The van der Waals surface area contributed by atoms with Crippen LogP contribution in [0.5, 0.6) is 0 Å². The second-order valence-corrected chi connectivity index (χ2v) is 6.43. The van der Waals surface area contributed by atoms with Crippen LogP contribution >= 0.6 is 22.9 Å². The van der Waals surface area contributed by atoms with Crippen LogP contribution in [0.25, 0.3) is 4.96 Å². The van der Waals surface area contributed by atoms with Crippen LogP contribution in [-0.4, -0.2) is 15.9 Å². The summed E-state index contributed by atoms with van der Waals surface area (Å²) in [6, 6.07) is 6.49. The van der Waals surface area contributed by atoms with Gasteiger partial charge in [0, 0.05) is 35.3 Å². The molecule has 3 nitrogen and oxygen atoms in total. The van der Waals surface area contributed by atoms with Gasteiger partial charge in [-0.3, -0.25) is 4.40 Å². The maximum absolute atomic E-state index is 6.13. The van der Waals surface area contributed by atoms with Crippen LogP contribution in [0, 0.1) is 6.92 Å². The molecule has 0 saturated carbocycles. The van der Waals surface area contributed by atoms with Crippen molar-refractivity contribution in [1.29, 1.82) is 0 Å². The number of imidazole rings is 1. The number of fused-ring (bicyclic) bond motifs is 1. The summed E-state index contributed by atoms with van der Waals surface area (Å²) >= 11 is 7.79. The first-order chi connectivity index (χ1) is 10.2. The van der Waals surface area contributed by atoms with Crippen molar-refractivity contribution in [3.8, 4) is 0 Å². The molecule has 1 aromatic carbocycles. The minimum absolute atomic E-state index is 0.260. The van der Waals surface area contributed by atoms with Gasteiger partial charge < -0.3 is 5.32 Å². The number of aryl methyl sites for hydroxylation is 1. The van der Waals surface area contributed by atoms with Crippen LogP contribution in [0.15, 0.2) is 36.0 Å². The number of hydrogen-bond donors (Lipinski definition) is 1. The van der Waals surface area contributed by atoms with Crippen molar-refractivity contribution in [3.05, 3.63) is 57.8 Å². The number of halogens is 1. The summed E-state index contributed by atoms with van der Waals surface area (Å²) in [5, 5.41) is 6.41. The Labute approximate surface area is 133 Å². The van der Waals surface area contributed by atoms with E-state index in [4.69, 9.17) is 11.6 Å². The normalized spacial score (nSPS) is 12.9. The minimum Gasteiger partial charge on any atom is -0.310 e. The van der Waals surface area contributed by atoms with Crippen LogP contribution in [-0.2, 0) is 6.42 Å². The molecule has 0 aliphatic rings. The van der Waals surface area contributed by atoms with E-state index in [9.17, 15) is 0 Å². The lowest BCUT2D eigenvalue weighted by Gasteiger charge is -2.18. The van der Waals surface area contributed by atoms with Crippen molar-refractivity contribution >= 4 is 27.9 Å². The fourth-order valence-corrected chi connectivity index (χ4v) is 3.36. The number of hydrogen-bond acceptors (Lipinski definition) is 3. The van der Waals surface area contributed by atoms with Crippen molar-refractivity contribution in [2.45, 2.75) is 26.3 Å². The van der Waals surface area contributed by atoms with E-state index < -0.39 is 0 Å². The molecular formula is C16H18ClN3S. The third-order valence-corrected chi connectivity index (χ3v) is 4.79. The summed E-state index contributed by atoms with van der Waals surface area (Å²) in [5.74, 6) is 0. The van der Waals surface area contributed by atoms with Crippen LogP contribution in [0.1, 0.15) is 29.8 Å². The predicted octanol–water partition coefficient (Wildman–Crippen LogP) is 4.25. The molecule has 3 rings (SSSR count). The quantitative estimate of drug-likeness (QED) is 0.761. The van der Waals surface area contributed by atoms with Crippen molar-refractivity contribution in [2.75, 3.05) is 6.54 Å². The number of thiazole rings is 1. The topological polar surface area (TPSA) is 29.3 Å². The molecule has 0 fully saturated rings. The van der Waals surface area contributed by atoms with Crippen LogP contribution in [0.4, 0.5) is 0 Å². The van der Waals surface area contributed by atoms with Gasteiger partial charge in [-0.1, -0.05) is 30.7 Å². The Morgan fingerprint density at radius 3 is 3.00 bits per heavy atom. The molecule has 0 radical (unpaired) electrons. The zero-order valence-corrected chi connectivity index (χ0v) is 13.7. The van der Waals surface area contributed by atoms with Crippen LogP contribution in [0.3, 0.4) is 0 Å². The largest absolute Gasteiger partial charge is 0.310 e. The number of nitrogens with zero attached hydrogens (tertiary/aromatic N) is 2. The molecule has 2 aromatic heterocycles. The summed E-state index contributed by atoms with van der Waals surface area (Å²) < 4.78 is 2.08. The Bertz CT molecular complexity index is 718. The highest BCUT2D eigenvalue weighted by atomic mass is 35.5. The summed E-state index contributed by atoms with van der Waals surface area (Å²) in [7, 11) is 0. The Morgan fingerprint density at radius 1 is 1.43 bits per heavy atom. The molecule has 0 saturated heterocycles. The van der Waals surface area contributed by atoms with Crippen LogP contribution < -0.4 is 5.32 Å². The molecular weight excluding hydrogens is 302 g/mol. The summed E-state index contributed by atoms with van der Waals surface area (Å²) in [4.78, 5) is 5.72. The highest BCUT2D eigenvalue weighted by molar-refractivity contribution is 7.15. The number of nitrogens with one attached hydrogen (secondary N) is 1. The Hall–Kier alpha value is -1.36. The third-order valence-electron chi connectivity index (χ3n) is 3.59. The summed E-state index contributed by atoms with van der Waals surface area (Å²) in [6.45, 7) is 5.09. The zero-order chi connectivity index (χ0) is 14.8. The second-order valence-electron chi connectivity index (χ2n) is 5.15. The molecule has 0 bridgehead atoms.